The molecule has 296 valence electrons. The van der Waals surface area contributed by atoms with Crippen LogP contribution < -0.4 is 9.47 Å². The molecule has 8 atom stereocenters. The molecule has 54 heavy (non-hydrogen) atoms. The van der Waals surface area contributed by atoms with Crippen LogP contribution in [0, 0.1) is 34.5 Å². The maximum atomic E-state index is 6.26. The van der Waals surface area contributed by atoms with Crippen LogP contribution in [0.4, 0.5) is 0 Å². The molecule has 2 saturated heterocycles. The molecule has 6 unspecified atom stereocenters. The number of methoxy groups -OCH3 is 2. The predicted octanol–water partition coefficient (Wildman–Crippen LogP) is 9.26. The van der Waals surface area contributed by atoms with Crippen LogP contribution in [0.15, 0.2) is 35.2 Å². The molecule has 0 N–H and O–H groups in total. The van der Waals surface area contributed by atoms with Crippen molar-refractivity contribution in [3.05, 3.63) is 52.6 Å². The summed E-state index contributed by atoms with van der Waals surface area (Å²) < 4.78 is 46.6. The minimum atomic E-state index is -0.300. The van der Waals surface area contributed by atoms with Gasteiger partial charge in [-0.05, 0) is 152 Å². The highest BCUT2D eigenvalue weighted by Crippen LogP contribution is 2.68. The van der Waals surface area contributed by atoms with Crippen LogP contribution in [0.5, 0.6) is 11.5 Å². The number of benzene rings is 2. The summed E-state index contributed by atoms with van der Waals surface area (Å²) in [6.07, 6.45) is 16.5. The van der Waals surface area contributed by atoms with E-state index in [0.717, 1.165) is 81.4 Å². The first-order chi connectivity index (χ1) is 26.3. The van der Waals surface area contributed by atoms with Crippen LogP contribution in [0.2, 0.25) is 0 Å². The van der Waals surface area contributed by atoms with Crippen molar-refractivity contribution in [2.24, 2.45) is 34.5 Å². The van der Waals surface area contributed by atoms with Gasteiger partial charge in [0, 0.05) is 42.8 Å². The van der Waals surface area contributed by atoms with Crippen molar-refractivity contribution in [2.75, 3.05) is 60.5 Å². The van der Waals surface area contributed by atoms with E-state index in [0.29, 0.717) is 31.3 Å². The Morgan fingerprint density at radius 2 is 1.17 bits per heavy atom. The van der Waals surface area contributed by atoms with Gasteiger partial charge in [-0.15, -0.1) is 11.8 Å². The molecule has 2 aromatic carbocycles. The fourth-order valence-electron chi connectivity index (χ4n) is 13.5. The van der Waals surface area contributed by atoms with E-state index in [1.54, 1.807) is 37.1 Å². The van der Waals surface area contributed by atoms with Gasteiger partial charge in [-0.25, -0.2) is 0 Å². The minimum Gasteiger partial charge on any atom is -0.468 e. The Hall–Kier alpha value is -1.85. The van der Waals surface area contributed by atoms with Gasteiger partial charge in [-0.2, -0.15) is 0 Å². The summed E-state index contributed by atoms with van der Waals surface area (Å²) in [5.41, 5.74) is 6.44. The molecule has 2 aliphatic heterocycles. The van der Waals surface area contributed by atoms with Crippen molar-refractivity contribution in [1.82, 2.24) is 0 Å². The number of aryl methyl sites for hydroxylation is 2. The molecule has 6 fully saturated rings. The lowest BCUT2D eigenvalue weighted by molar-refractivity contribution is -0.237. The number of fused-ring (bicyclic) bond motifs is 12. The maximum Gasteiger partial charge on any atom is 0.188 e. The molecular weight excluding hydrogens is 701 g/mol. The zero-order chi connectivity index (χ0) is 37.1. The van der Waals surface area contributed by atoms with Crippen LogP contribution in [0.3, 0.4) is 0 Å². The first-order valence-electron chi connectivity index (χ1n) is 20.9. The zero-order valence-corrected chi connectivity index (χ0v) is 34.1. The lowest BCUT2D eigenvalue weighted by Gasteiger charge is -2.52. The van der Waals surface area contributed by atoms with E-state index in [1.807, 2.05) is 0 Å². The van der Waals surface area contributed by atoms with E-state index < -0.39 is 0 Å². The molecule has 9 heteroatoms. The molecule has 2 heterocycles. The maximum absolute atomic E-state index is 6.26. The van der Waals surface area contributed by atoms with Gasteiger partial charge in [0.1, 0.15) is 11.5 Å². The van der Waals surface area contributed by atoms with Crippen molar-refractivity contribution in [3.8, 4) is 11.5 Å². The van der Waals surface area contributed by atoms with Crippen molar-refractivity contribution < 1.29 is 37.9 Å². The number of hydrogen-bond donors (Lipinski definition) is 0. The summed E-state index contributed by atoms with van der Waals surface area (Å²) >= 11 is 1.77. The second-order valence-corrected chi connectivity index (χ2v) is 18.7. The third kappa shape index (κ3) is 5.91. The minimum absolute atomic E-state index is 0.173. The summed E-state index contributed by atoms with van der Waals surface area (Å²) in [5.74, 6) is 5.60. The molecule has 8 nitrogen and oxygen atoms in total. The third-order valence-electron chi connectivity index (χ3n) is 16.0. The van der Waals surface area contributed by atoms with Gasteiger partial charge in [-0.1, -0.05) is 19.9 Å². The first kappa shape index (κ1) is 37.7. The van der Waals surface area contributed by atoms with E-state index in [1.165, 1.54) is 67.4 Å². The Balaban J connectivity index is 0.000000143. The van der Waals surface area contributed by atoms with Gasteiger partial charge in [0.25, 0.3) is 0 Å². The summed E-state index contributed by atoms with van der Waals surface area (Å²) in [4.78, 5) is 1.23. The normalized spacial score (nSPS) is 36.3. The fraction of sp³-hybridized carbons (Fsp3) is 0.733. The lowest BCUT2D eigenvalue weighted by Crippen LogP contribution is -2.51. The summed E-state index contributed by atoms with van der Waals surface area (Å²) in [6, 6.07) is 11.4. The van der Waals surface area contributed by atoms with E-state index >= 15 is 0 Å². The Morgan fingerprint density at radius 3 is 1.72 bits per heavy atom. The second-order valence-electron chi connectivity index (χ2n) is 17.9. The van der Waals surface area contributed by atoms with Gasteiger partial charge in [0.15, 0.2) is 25.2 Å². The number of ether oxygens (including phenoxy) is 8. The predicted molar refractivity (Wildman–Crippen MR) is 208 cm³/mol. The van der Waals surface area contributed by atoms with Crippen LogP contribution in [-0.2, 0) is 41.3 Å². The Labute approximate surface area is 327 Å². The zero-order valence-electron chi connectivity index (χ0n) is 33.3. The first-order valence-corrected chi connectivity index (χ1v) is 22.1. The SMILES string of the molecule is COCOc1cc2c(cc1SC)C1CC[C@@]3(C)C(CCC34OCCO4)C1CC2.COCOc1ccc2c(c1)CCC1C2CC[C@@]2(C)C1CCC21OCCO1. The van der Waals surface area contributed by atoms with Gasteiger partial charge in [0.2, 0.25) is 0 Å². The largest absolute Gasteiger partial charge is 0.468 e. The molecule has 10 rings (SSSR count). The number of thioether (sulfide) groups is 1. The van der Waals surface area contributed by atoms with E-state index in [4.69, 9.17) is 37.9 Å². The lowest BCUT2D eigenvalue weighted by atomic mass is 9.55. The molecular formula is C45H62O8S. The fourth-order valence-corrected chi connectivity index (χ4v) is 14.1. The van der Waals surface area contributed by atoms with Gasteiger partial charge in [0.05, 0.1) is 26.4 Å². The topological polar surface area (TPSA) is 73.8 Å². The van der Waals surface area contributed by atoms with Crippen LogP contribution in [0.25, 0.3) is 0 Å². The summed E-state index contributed by atoms with van der Waals surface area (Å²) in [6.45, 7) is 8.59. The molecule has 2 aromatic rings. The number of hydrogen-bond acceptors (Lipinski definition) is 9. The monoisotopic (exact) mass is 762 g/mol. The van der Waals surface area contributed by atoms with Crippen molar-refractivity contribution in [2.45, 2.75) is 119 Å². The Morgan fingerprint density at radius 1 is 0.630 bits per heavy atom. The smallest absolute Gasteiger partial charge is 0.188 e. The van der Waals surface area contributed by atoms with Crippen molar-refractivity contribution in [1.29, 1.82) is 0 Å². The van der Waals surface area contributed by atoms with Gasteiger partial charge in [-0.3, -0.25) is 0 Å². The summed E-state index contributed by atoms with van der Waals surface area (Å²) in [5, 5.41) is 0. The molecule has 8 aliphatic rings. The van der Waals surface area contributed by atoms with E-state index in [9.17, 15) is 0 Å². The van der Waals surface area contributed by atoms with Crippen LogP contribution in [-0.4, -0.2) is 72.1 Å². The third-order valence-corrected chi connectivity index (χ3v) is 16.7. The summed E-state index contributed by atoms with van der Waals surface area (Å²) in [7, 11) is 3.33. The quantitative estimate of drug-likeness (QED) is 0.203. The van der Waals surface area contributed by atoms with E-state index in [-0.39, 0.29) is 22.4 Å². The van der Waals surface area contributed by atoms with Crippen molar-refractivity contribution in [3.63, 3.8) is 0 Å². The molecule has 2 spiro atoms. The Kier molecular flexibility index (Phi) is 10.4. The highest BCUT2D eigenvalue weighted by Gasteiger charge is 2.66. The Bertz CT molecular complexity index is 1670. The molecule has 6 aliphatic carbocycles. The average Bonchev–Trinajstić information content (AvgIpc) is 4.00. The molecule has 4 saturated carbocycles. The van der Waals surface area contributed by atoms with Gasteiger partial charge < -0.3 is 37.9 Å². The standard InChI is InChI=1S/C23H32O4S.C22H30O4/c1-22-8-6-16-17(19(22)7-9-23(22)26-10-11-27-23)5-4-15-12-20(25-14-24-2)21(28-3)13-18(15)16;1-21-9-7-18-17-6-4-16(24-14-23-2)13-15(17)3-5-19(18)20(21)8-10-22(21)25-11-12-26-22/h12-13,16-17,19H,4-11,14H2,1-3H3;4,6,13,18-20H,3,5,7-12,14H2,1-2H3/t16?,17?,19?,22-;18?,19?,20?,21-/m00/s1. The molecule has 0 amide bonds. The van der Waals surface area contributed by atoms with Crippen LogP contribution >= 0.6 is 11.8 Å². The molecule has 0 radical (unpaired) electrons. The average molecular weight is 763 g/mol. The second kappa shape index (κ2) is 14.8. The highest BCUT2D eigenvalue weighted by atomic mass is 32.2. The van der Waals surface area contributed by atoms with Crippen molar-refractivity contribution >= 4 is 11.8 Å². The van der Waals surface area contributed by atoms with E-state index in [2.05, 4.69) is 50.4 Å². The number of rotatable bonds is 7. The van der Waals surface area contributed by atoms with Crippen LogP contribution in [0.1, 0.15) is 112 Å². The molecule has 0 aromatic heterocycles. The highest BCUT2D eigenvalue weighted by molar-refractivity contribution is 7.98. The van der Waals surface area contributed by atoms with Gasteiger partial charge >= 0.3 is 0 Å². The molecule has 0 bridgehead atoms.